The number of hydrogen-bond acceptors (Lipinski definition) is 1. The van der Waals surface area contributed by atoms with Gasteiger partial charge in [-0.1, -0.05) is 48.5 Å². The smallest absolute Gasteiger partial charge is 0.225 e. The van der Waals surface area contributed by atoms with E-state index in [0.717, 1.165) is 21.9 Å². The molecular formula is C19H14FNO. The minimum atomic E-state index is -0.429. The number of hydrogen-bond donors (Lipinski definition) is 1. The van der Waals surface area contributed by atoms with E-state index in [-0.39, 0.29) is 11.7 Å². The van der Waals surface area contributed by atoms with Crippen molar-refractivity contribution in [3.63, 3.8) is 0 Å². The average molecular weight is 291 g/mol. The molecule has 0 aromatic heterocycles. The Morgan fingerprint density at radius 2 is 1.59 bits per heavy atom. The largest absolute Gasteiger partial charge is 0.345 e. The Labute approximate surface area is 127 Å². The number of amides is 1. The van der Waals surface area contributed by atoms with Crippen LogP contribution in [0.15, 0.2) is 60.7 Å². The Hall–Kier alpha value is -2.68. The molecule has 1 aliphatic heterocycles. The number of carbonyl (C=O) groups is 1. The normalized spacial score (nSPS) is 17.1. The molecule has 0 saturated heterocycles. The lowest BCUT2D eigenvalue weighted by molar-refractivity contribution is -0.121. The quantitative estimate of drug-likeness (QED) is 0.727. The van der Waals surface area contributed by atoms with E-state index in [0.29, 0.717) is 12.0 Å². The molecular weight excluding hydrogens is 277 g/mol. The van der Waals surface area contributed by atoms with Crippen LogP contribution in [0.3, 0.4) is 0 Å². The highest BCUT2D eigenvalue weighted by Gasteiger charge is 2.27. The van der Waals surface area contributed by atoms with Crippen molar-refractivity contribution in [1.29, 1.82) is 0 Å². The van der Waals surface area contributed by atoms with E-state index in [1.165, 1.54) is 6.07 Å². The molecule has 0 bridgehead atoms. The summed E-state index contributed by atoms with van der Waals surface area (Å²) >= 11 is 0. The number of rotatable bonds is 1. The number of benzene rings is 3. The molecule has 22 heavy (non-hydrogen) atoms. The zero-order valence-corrected chi connectivity index (χ0v) is 11.8. The van der Waals surface area contributed by atoms with E-state index in [2.05, 4.69) is 11.4 Å². The zero-order valence-electron chi connectivity index (χ0n) is 11.8. The summed E-state index contributed by atoms with van der Waals surface area (Å²) in [6.45, 7) is 0. The number of halogens is 1. The van der Waals surface area contributed by atoms with Gasteiger partial charge in [0.2, 0.25) is 5.91 Å². The molecule has 1 heterocycles. The summed E-state index contributed by atoms with van der Waals surface area (Å²) in [5, 5.41) is 5.11. The first-order chi connectivity index (χ1) is 10.7. The minimum Gasteiger partial charge on any atom is -0.345 e. The van der Waals surface area contributed by atoms with Gasteiger partial charge in [-0.15, -0.1) is 0 Å². The van der Waals surface area contributed by atoms with Gasteiger partial charge < -0.3 is 5.32 Å². The lowest BCUT2D eigenvalue weighted by Gasteiger charge is -2.28. The standard InChI is InChI=1S/C19H14FNO/c20-17-8-4-3-7-15(17)19-16-10-13-6-2-1-5-12(13)9-14(16)11-18(22)21-19/h1-10,19H,11H2,(H,21,22). The maximum Gasteiger partial charge on any atom is 0.225 e. The van der Waals surface area contributed by atoms with Gasteiger partial charge in [-0.2, -0.15) is 0 Å². The monoisotopic (exact) mass is 291 g/mol. The summed E-state index contributed by atoms with van der Waals surface area (Å²) in [6.07, 6.45) is 0.338. The zero-order chi connectivity index (χ0) is 15.1. The molecule has 1 amide bonds. The van der Waals surface area contributed by atoms with E-state index in [1.54, 1.807) is 18.2 Å². The van der Waals surface area contributed by atoms with Crippen LogP contribution >= 0.6 is 0 Å². The SMILES string of the molecule is O=C1Cc2cc3ccccc3cc2C(c2ccccc2F)N1. The van der Waals surface area contributed by atoms with Crippen molar-refractivity contribution in [2.45, 2.75) is 12.5 Å². The number of carbonyl (C=O) groups excluding carboxylic acids is 1. The third-order valence-corrected chi connectivity index (χ3v) is 4.19. The molecule has 0 radical (unpaired) electrons. The van der Waals surface area contributed by atoms with Crippen LogP contribution in [0.2, 0.25) is 0 Å². The fourth-order valence-corrected chi connectivity index (χ4v) is 3.14. The molecule has 0 aliphatic carbocycles. The Morgan fingerprint density at radius 1 is 0.909 bits per heavy atom. The molecule has 3 heteroatoms. The maximum absolute atomic E-state index is 14.2. The molecule has 0 fully saturated rings. The second-order valence-electron chi connectivity index (χ2n) is 5.60. The Morgan fingerprint density at radius 3 is 2.36 bits per heavy atom. The molecule has 3 aromatic carbocycles. The molecule has 1 N–H and O–H groups in total. The number of fused-ring (bicyclic) bond motifs is 2. The molecule has 2 nitrogen and oxygen atoms in total. The van der Waals surface area contributed by atoms with Gasteiger partial charge in [0.25, 0.3) is 0 Å². The van der Waals surface area contributed by atoms with Gasteiger partial charge in [0.1, 0.15) is 5.82 Å². The minimum absolute atomic E-state index is 0.0731. The van der Waals surface area contributed by atoms with E-state index in [4.69, 9.17) is 0 Å². The predicted octanol–water partition coefficient (Wildman–Crippen LogP) is 3.74. The molecule has 0 spiro atoms. The van der Waals surface area contributed by atoms with Crippen LogP contribution in [0, 0.1) is 5.82 Å². The van der Waals surface area contributed by atoms with Gasteiger partial charge in [0.15, 0.2) is 0 Å². The van der Waals surface area contributed by atoms with Gasteiger partial charge in [0.05, 0.1) is 12.5 Å². The summed E-state index contributed by atoms with van der Waals surface area (Å²) < 4.78 is 14.2. The molecule has 108 valence electrons. The summed E-state index contributed by atoms with van der Waals surface area (Å²) in [7, 11) is 0. The van der Waals surface area contributed by atoms with Crippen LogP contribution < -0.4 is 5.32 Å². The average Bonchev–Trinajstić information content (AvgIpc) is 2.53. The summed E-state index contributed by atoms with van der Waals surface area (Å²) in [5.74, 6) is -0.371. The fraction of sp³-hybridized carbons (Fsp3) is 0.105. The van der Waals surface area contributed by atoms with Crippen LogP contribution in [-0.4, -0.2) is 5.91 Å². The fourth-order valence-electron chi connectivity index (χ4n) is 3.14. The van der Waals surface area contributed by atoms with Crippen molar-refractivity contribution in [2.75, 3.05) is 0 Å². The van der Waals surface area contributed by atoms with Crippen LogP contribution in [0.1, 0.15) is 22.7 Å². The lowest BCUT2D eigenvalue weighted by Crippen LogP contribution is -2.36. The first kappa shape index (κ1) is 13.0. The Bertz CT molecular complexity index is 887. The van der Waals surface area contributed by atoms with Crippen LogP contribution in [0.5, 0.6) is 0 Å². The van der Waals surface area contributed by atoms with Crippen molar-refractivity contribution < 1.29 is 9.18 Å². The van der Waals surface area contributed by atoms with Gasteiger partial charge in [-0.25, -0.2) is 4.39 Å². The molecule has 0 saturated carbocycles. The van der Waals surface area contributed by atoms with Crippen molar-refractivity contribution in [1.82, 2.24) is 5.32 Å². The molecule has 4 rings (SSSR count). The first-order valence-electron chi connectivity index (χ1n) is 7.28. The van der Waals surface area contributed by atoms with E-state index < -0.39 is 6.04 Å². The summed E-state index contributed by atoms with van der Waals surface area (Å²) in [4.78, 5) is 12.0. The van der Waals surface area contributed by atoms with Crippen molar-refractivity contribution in [3.05, 3.63) is 83.2 Å². The van der Waals surface area contributed by atoms with Gasteiger partial charge in [-0.3, -0.25) is 4.79 Å². The predicted molar refractivity (Wildman–Crippen MR) is 84.0 cm³/mol. The van der Waals surface area contributed by atoms with E-state index in [9.17, 15) is 9.18 Å². The van der Waals surface area contributed by atoms with Gasteiger partial charge in [0, 0.05) is 5.56 Å². The molecule has 1 atom stereocenters. The van der Waals surface area contributed by atoms with Gasteiger partial charge >= 0.3 is 0 Å². The van der Waals surface area contributed by atoms with E-state index >= 15 is 0 Å². The summed E-state index contributed by atoms with van der Waals surface area (Å²) in [5.41, 5.74) is 2.45. The molecule has 3 aromatic rings. The molecule has 1 aliphatic rings. The third kappa shape index (κ3) is 2.06. The number of nitrogens with one attached hydrogen (secondary N) is 1. The van der Waals surface area contributed by atoms with Crippen molar-refractivity contribution in [3.8, 4) is 0 Å². The first-order valence-corrected chi connectivity index (χ1v) is 7.28. The van der Waals surface area contributed by atoms with Crippen molar-refractivity contribution >= 4 is 16.7 Å². The van der Waals surface area contributed by atoms with Gasteiger partial charge in [-0.05, 0) is 34.0 Å². The second-order valence-corrected chi connectivity index (χ2v) is 5.60. The van der Waals surface area contributed by atoms with E-state index in [1.807, 2.05) is 30.3 Å². The summed E-state index contributed by atoms with van der Waals surface area (Å²) in [6, 6.07) is 18.3. The highest BCUT2D eigenvalue weighted by Crippen LogP contribution is 2.33. The van der Waals surface area contributed by atoms with Crippen LogP contribution in [0.4, 0.5) is 4.39 Å². The topological polar surface area (TPSA) is 29.1 Å². The molecule has 1 unspecified atom stereocenters. The third-order valence-electron chi connectivity index (χ3n) is 4.19. The maximum atomic E-state index is 14.2. The second kappa shape index (κ2) is 4.95. The lowest BCUT2D eigenvalue weighted by atomic mass is 9.87. The highest BCUT2D eigenvalue weighted by atomic mass is 19.1. The highest BCUT2D eigenvalue weighted by molar-refractivity contribution is 5.89. The Kier molecular flexibility index (Phi) is 2.93. The Balaban J connectivity index is 1.95. The van der Waals surface area contributed by atoms with Crippen LogP contribution in [-0.2, 0) is 11.2 Å². The van der Waals surface area contributed by atoms with Crippen LogP contribution in [0.25, 0.3) is 10.8 Å². The van der Waals surface area contributed by atoms with Crippen molar-refractivity contribution in [2.24, 2.45) is 0 Å².